The maximum Gasteiger partial charge on any atom is 0.227 e. The lowest BCUT2D eigenvalue weighted by Gasteiger charge is -2.26. The molecule has 2 aromatic heterocycles. The van der Waals surface area contributed by atoms with Crippen molar-refractivity contribution in [1.29, 1.82) is 0 Å². The summed E-state index contributed by atoms with van der Waals surface area (Å²) in [5.74, 6) is -1.10. The van der Waals surface area contributed by atoms with Crippen molar-refractivity contribution in [3.63, 3.8) is 0 Å². The highest BCUT2D eigenvalue weighted by molar-refractivity contribution is 5.75. The average molecular weight is 357 g/mol. The molecule has 1 aliphatic heterocycles. The van der Waals surface area contributed by atoms with E-state index in [1.807, 2.05) is 0 Å². The molecule has 3 heterocycles. The fourth-order valence-electron chi connectivity index (χ4n) is 3.37. The van der Waals surface area contributed by atoms with Gasteiger partial charge in [0.1, 0.15) is 5.76 Å². The van der Waals surface area contributed by atoms with Gasteiger partial charge in [-0.3, -0.25) is 19.5 Å². The second-order valence-electron chi connectivity index (χ2n) is 6.63. The molecule has 3 N–H and O–H groups in total. The predicted molar refractivity (Wildman–Crippen MR) is 95.7 cm³/mol. The van der Waals surface area contributed by atoms with Gasteiger partial charge in [-0.2, -0.15) is 0 Å². The highest BCUT2D eigenvalue weighted by atomic mass is 16.4. The molecule has 1 fully saturated rings. The highest BCUT2D eigenvalue weighted by Crippen LogP contribution is 2.32. The van der Waals surface area contributed by atoms with Crippen LogP contribution < -0.4 is 11.2 Å². The van der Waals surface area contributed by atoms with Crippen LogP contribution >= 0.6 is 0 Å². The Labute approximate surface area is 151 Å². The summed E-state index contributed by atoms with van der Waals surface area (Å²) in [6.45, 7) is 2.41. The summed E-state index contributed by atoms with van der Waals surface area (Å²) in [5.41, 5.74) is 5.57. The molecular weight excluding hydrogens is 334 g/mol. The summed E-state index contributed by atoms with van der Waals surface area (Å²) < 4.78 is 5.89. The van der Waals surface area contributed by atoms with Gasteiger partial charge in [0.2, 0.25) is 17.1 Å². The highest BCUT2D eigenvalue weighted by Gasteiger charge is 2.25. The summed E-state index contributed by atoms with van der Waals surface area (Å²) in [6.07, 6.45) is 6.54. The molecule has 138 valence electrons. The zero-order chi connectivity index (χ0) is 18.5. The van der Waals surface area contributed by atoms with Crippen LogP contribution in [0.4, 0.5) is 0 Å². The quantitative estimate of drug-likeness (QED) is 0.815. The molecule has 26 heavy (non-hydrogen) atoms. The lowest BCUT2D eigenvalue weighted by atomic mass is 9.92. The first kappa shape index (κ1) is 18.1. The molecule has 3 rings (SSSR count). The van der Waals surface area contributed by atoms with Crippen molar-refractivity contribution in [3.8, 4) is 5.75 Å². The number of rotatable bonds is 6. The third kappa shape index (κ3) is 4.29. The molecule has 0 aromatic carbocycles. The summed E-state index contributed by atoms with van der Waals surface area (Å²) >= 11 is 0. The van der Waals surface area contributed by atoms with Gasteiger partial charge < -0.3 is 15.3 Å². The Balaban J connectivity index is 1.97. The third-order valence-corrected chi connectivity index (χ3v) is 4.66. The molecule has 1 atom stereocenters. The van der Waals surface area contributed by atoms with Crippen LogP contribution in [-0.4, -0.2) is 34.0 Å². The average Bonchev–Trinajstić information content (AvgIpc) is 2.64. The lowest BCUT2D eigenvalue weighted by molar-refractivity contribution is -0.118. The number of likely N-dealkylation sites (tertiary alicyclic amines) is 1. The molecule has 7 nitrogen and oxygen atoms in total. The van der Waals surface area contributed by atoms with Crippen LogP contribution in [0, 0.1) is 0 Å². The van der Waals surface area contributed by atoms with Gasteiger partial charge in [0.25, 0.3) is 0 Å². The number of amides is 1. The Kier molecular flexibility index (Phi) is 5.68. The molecule has 1 amide bonds. The smallest absolute Gasteiger partial charge is 0.227 e. The summed E-state index contributed by atoms with van der Waals surface area (Å²) in [4.78, 5) is 30.0. The fraction of sp³-hybridized carbons (Fsp3) is 0.421. The van der Waals surface area contributed by atoms with Crippen molar-refractivity contribution < 1.29 is 14.3 Å². The first-order valence-electron chi connectivity index (χ1n) is 8.81. The van der Waals surface area contributed by atoms with Gasteiger partial charge in [0, 0.05) is 24.9 Å². The van der Waals surface area contributed by atoms with E-state index in [1.165, 1.54) is 12.5 Å². The van der Waals surface area contributed by atoms with Crippen LogP contribution in [-0.2, 0) is 11.3 Å². The van der Waals surface area contributed by atoms with E-state index in [4.69, 9.17) is 10.2 Å². The number of aromatic hydroxyl groups is 1. The number of primary amides is 1. The molecule has 1 aliphatic rings. The monoisotopic (exact) mass is 357 g/mol. The Bertz CT molecular complexity index is 813. The van der Waals surface area contributed by atoms with E-state index >= 15 is 0 Å². The molecule has 0 spiro atoms. The van der Waals surface area contributed by atoms with E-state index in [9.17, 15) is 14.7 Å². The van der Waals surface area contributed by atoms with Gasteiger partial charge >= 0.3 is 0 Å². The van der Waals surface area contributed by atoms with Gasteiger partial charge in [0.15, 0.2) is 5.76 Å². The maximum atomic E-state index is 12.3. The van der Waals surface area contributed by atoms with Gasteiger partial charge in [-0.1, -0.05) is 6.42 Å². The number of carbonyl (C=O) groups excluding carboxylic acids is 1. The van der Waals surface area contributed by atoms with E-state index in [2.05, 4.69) is 9.88 Å². The minimum Gasteiger partial charge on any atom is -0.502 e. The van der Waals surface area contributed by atoms with Crippen molar-refractivity contribution in [1.82, 2.24) is 9.88 Å². The van der Waals surface area contributed by atoms with Crippen molar-refractivity contribution in [2.45, 2.75) is 38.1 Å². The predicted octanol–water partition coefficient (Wildman–Crippen LogP) is 1.73. The number of pyridine rings is 1. The summed E-state index contributed by atoms with van der Waals surface area (Å²) in [5, 5.41) is 10.3. The third-order valence-electron chi connectivity index (χ3n) is 4.66. The van der Waals surface area contributed by atoms with Crippen LogP contribution in [0.25, 0.3) is 0 Å². The summed E-state index contributed by atoms with van der Waals surface area (Å²) in [6, 6.07) is 4.75. The Morgan fingerprint density at radius 2 is 1.96 bits per heavy atom. The number of hydrogen-bond donors (Lipinski definition) is 2. The Hall–Kier alpha value is -2.67. The SMILES string of the molecule is NC(=O)CC(c1ccncc1)c1oc(CN2CCCCC2)cc(=O)c1O. The Morgan fingerprint density at radius 1 is 1.27 bits per heavy atom. The molecule has 0 radical (unpaired) electrons. The van der Waals surface area contributed by atoms with Gasteiger partial charge in [-0.05, 0) is 43.6 Å². The number of aromatic nitrogens is 1. The largest absolute Gasteiger partial charge is 0.502 e. The van der Waals surface area contributed by atoms with E-state index in [-0.39, 0.29) is 12.2 Å². The van der Waals surface area contributed by atoms with Crippen molar-refractivity contribution >= 4 is 5.91 Å². The first-order chi connectivity index (χ1) is 12.5. The zero-order valence-electron chi connectivity index (χ0n) is 14.6. The zero-order valence-corrected chi connectivity index (χ0v) is 14.6. The van der Waals surface area contributed by atoms with Crippen molar-refractivity contribution in [3.05, 3.63) is 57.9 Å². The maximum absolute atomic E-state index is 12.3. The molecule has 1 unspecified atom stereocenters. The molecular formula is C19H23N3O4. The standard InChI is InChI=1S/C19H23N3O4/c20-17(24)11-15(13-4-6-21-7-5-13)19-18(25)16(23)10-14(26-19)12-22-8-2-1-3-9-22/h4-7,10,15,25H,1-3,8-9,11-12H2,(H2,20,24). The van der Waals surface area contributed by atoms with E-state index in [0.29, 0.717) is 17.9 Å². The van der Waals surface area contributed by atoms with Gasteiger partial charge in [-0.25, -0.2) is 0 Å². The lowest BCUT2D eigenvalue weighted by Crippen LogP contribution is -2.29. The van der Waals surface area contributed by atoms with Crippen LogP contribution in [0.5, 0.6) is 5.75 Å². The topological polar surface area (TPSA) is 110 Å². The van der Waals surface area contributed by atoms with Crippen molar-refractivity contribution in [2.24, 2.45) is 5.73 Å². The second-order valence-corrected chi connectivity index (χ2v) is 6.63. The Morgan fingerprint density at radius 3 is 2.62 bits per heavy atom. The molecule has 0 aliphatic carbocycles. The van der Waals surface area contributed by atoms with Crippen LogP contribution in [0.2, 0.25) is 0 Å². The van der Waals surface area contributed by atoms with Crippen LogP contribution in [0.1, 0.15) is 48.7 Å². The van der Waals surface area contributed by atoms with E-state index in [0.717, 1.165) is 25.9 Å². The molecule has 2 aromatic rings. The first-order valence-corrected chi connectivity index (χ1v) is 8.81. The van der Waals surface area contributed by atoms with Crippen molar-refractivity contribution in [2.75, 3.05) is 13.1 Å². The van der Waals surface area contributed by atoms with Crippen LogP contribution in [0.3, 0.4) is 0 Å². The van der Waals surface area contributed by atoms with Gasteiger partial charge in [0.05, 0.1) is 12.5 Å². The summed E-state index contributed by atoms with van der Waals surface area (Å²) in [7, 11) is 0. The normalized spacial score (nSPS) is 16.3. The molecule has 0 bridgehead atoms. The second kappa shape index (κ2) is 8.14. The molecule has 1 saturated heterocycles. The molecule has 7 heteroatoms. The number of nitrogens with zero attached hydrogens (tertiary/aromatic N) is 2. The van der Waals surface area contributed by atoms with Crippen LogP contribution in [0.15, 0.2) is 39.8 Å². The number of piperidine rings is 1. The number of hydrogen-bond acceptors (Lipinski definition) is 6. The number of carbonyl (C=O) groups is 1. The number of nitrogens with two attached hydrogens (primary N) is 1. The van der Waals surface area contributed by atoms with E-state index < -0.39 is 23.0 Å². The fourth-order valence-corrected chi connectivity index (χ4v) is 3.37. The van der Waals surface area contributed by atoms with Gasteiger partial charge in [-0.15, -0.1) is 0 Å². The minimum atomic E-state index is -0.635. The molecule has 0 saturated carbocycles. The van der Waals surface area contributed by atoms with E-state index in [1.54, 1.807) is 24.5 Å². The minimum absolute atomic E-state index is 0.0757.